The number of hydrogen-bond donors (Lipinski definition) is 1. The van der Waals surface area contributed by atoms with Gasteiger partial charge in [-0.3, -0.25) is 4.79 Å². The zero-order valence-electron chi connectivity index (χ0n) is 20.6. The third-order valence-corrected chi connectivity index (χ3v) is 6.18. The van der Waals surface area contributed by atoms with Gasteiger partial charge in [0.2, 0.25) is 0 Å². The quantitative estimate of drug-likeness (QED) is 0.297. The number of aliphatic carboxylic acids is 1. The minimum absolute atomic E-state index is 0.0624. The first-order chi connectivity index (χ1) is 16.7. The summed E-state index contributed by atoms with van der Waals surface area (Å²) >= 11 is 0. The van der Waals surface area contributed by atoms with Crippen molar-refractivity contribution in [3.8, 4) is 16.9 Å². The molecule has 5 heteroatoms. The largest absolute Gasteiger partial charge is 0.489 e. The van der Waals surface area contributed by atoms with Crippen LogP contribution in [0, 0.1) is 6.92 Å². The Balaban J connectivity index is 1.54. The second kappa shape index (κ2) is 10.2. The Morgan fingerprint density at radius 2 is 1.80 bits per heavy atom. The summed E-state index contributed by atoms with van der Waals surface area (Å²) in [5.74, 6) is -0.544. The predicted octanol–water partition coefficient (Wildman–Crippen LogP) is 7.13. The van der Waals surface area contributed by atoms with Crippen LogP contribution in [0.15, 0.2) is 83.6 Å². The van der Waals surface area contributed by atoms with Crippen LogP contribution in [0.5, 0.6) is 5.75 Å². The standard InChI is InChI=1S/C30H31NO4/c1-20-8-9-23(26(16-20)22-6-5-7-24(17-22)30(2,3)4)19-34-25-12-10-21(11-13-25)27(18-29(32)33)28-14-15-35-31-28/h5-17,27H,18-19H2,1-4H3,(H,32,33)/t27-/m0/s1. The van der Waals surface area contributed by atoms with Gasteiger partial charge in [0.05, 0.1) is 12.1 Å². The number of carboxylic acid groups (broad SMARTS) is 1. The summed E-state index contributed by atoms with van der Waals surface area (Å²) in [6.45, 7) is 9.19. The average molecular weight is 470 g/mol. The lowest BCUT2D eigenvalue weighted by Gasteiger charge is -2.20. The van der Waals surface area contributed by atoms with E-state index in [-0.39, 0.29) is 17.8 Å². The van der Waals surface area contributed by atoms with Gasteiger partial charge >= 0.3 is 5.97 Å². The molecule has 0 bridgehead atoms. The van der Waals surface area contributed by atoms with Crippen molar-refractivity contribution in [1.29, 1.82) is 0 Å². The monoisotopic (exact) mass is 469 g/mol. The topological polar surface area (TPSA) is 72.6 Å². The third-order valence-electron chi connectivity index (χ3n) is 6.18. The van der Waals surface area contributed by atoms with Gasteiger partial charge in [-0.15, -0.1) is 0 Å². The zero-order chi connectivity index (χ0) is 25.0. The van der Waals surface area contributed by atoms with Crippen LogP contribution in [0.4, 0.5) is 0 Å². The van der Waals surface area contributed by atoms with E-state index in [0.29, 0.717) is 12.3 Å². The molecule has 0 spiro atoms. The smallest absolute Gasteiger partial charge is 0.304 e. The lowest BCUT2D eigenvalue weighted by atomic mass is 9.85. The van der Waals surface area contributed by atoms with Gasteiger partial charge in [-0.25, -0.2) is 0 Å². The Morgan fingerprint density at radius 3 is 2.46 bits per heavy atom. The fourth-order valence-electron chi connectivity index (χ4n) is 4.17. The van der Waals surface area contributed by atoms with Crippen molar-refractivity contribution in [2.75, 3.05) is 0 Å². The Hall–Kier alpha value is -3.86. The number of hydrogen-bond acceptors (Lipinski definition) is 4. The van der Waals surface area contributed by atoms with Crippen molar-refractivity contribution < 1.29 is 19.2 Å². The van der Waals surface area contributed by atoms with Crippen molar-refractivity contribution in [1.82, 2.24) is 5.16 Å². The van der Waals surface area contributed by atoms with E-state index >= 15 is 0 Å². The maximum atomic E-state index is 11.4. The maximum Gasteiger partial charge on any atom is 0.304 e. The second-order valence-electron chi connectivity index (χ2n) is 9.92. The highest BCUT2D eigenvalue weighted by Crippen LogP contribution is 2.32. The molecule has 0 aliphatic rings. The normalized spacial score (nSPS) is 12.3. The van der Waals surface area contributed by atoms with E-state index in [1.165, 1.54) is 28.5 Å². The summed E-state index contributed by atoms with van der Waals surface area (Å²) in [4.78, 5) is 11.4. The highest BCUT2D eigenvalue weighted by Gasteiger charge is 2.21. The molecule has 3 aromatic carbocycles. The molecule has 4 aromatic rings. The van der Waals surface area contributed by atoms with E-state index in [1.807, 2.05) is 24.3 Å². The fourth-order valence-corrected chi connectivity index (χ4v) is 4.17. The first-order valence-electron chi connectivity index (χ1n) is 11.8. The van der Waals surface area contributed by atoms with E-state index in [4.69, 9.17) is 9.26 Å². The summed E-state index contributed by atoms with van der Waals surface area (Å²) in [6.07, 6.45) is 1.39. The van der Waals surface area contributed by atoms with Crippen LogP contribution in [-0.4, -0.2) is 16.2 Å². The van der Waals surface area contributed by atoms with Crippen LogP contribution < -0.4 is 4.74 Å². The molecule has 4 rings (SSSR count). The lowest BCUT2D eigenvalue weighted by molar-refractivity contribution is -0.137. The molecular formula is C30H31NO4. The Morgan fingerprint density at radius 1 is 1.03 bits per heavy atom. The van der Waals surface area contributed by atoms with E-state index < -0.39 is 5.97 Å². The van der Waals surface area contributed by atoms with Crippen LogP contribution in [0.3, 0.4) is 0 Å². The van der Waals surface area contributed by atoms with E-state index in [0.717, 1.165) is 16.9 Å². The van der Waals surface area contributed by atoms with Crippen LogP contribution in [0.25, 0.3) is 11.1 Å². The van der Waals surface area contributed by atoms with Crippen molar-refractivity contribution in [3.63, 3.8) is 0 Å². The summed E-state index contributed by atoms with van der Waals surface area (Å²) < 4.78 is 11.1. The number of aryl methyl sites for hydroxylation is 1. The van der Waals surface area contributed by atoms with Gasteiger partial charge in [0.1, 0.15) is 18.6 Å². The van der Waals surface area contributed by atoms with Gasteiger partial charge in [0.25, 0.3) is 0 Å². The molecule has 1 heterocycles. The summed E-state index contributed by atoms with van der Waals surface area (Å²) in [5, 5.41) is 13.3. The van der Waals surface area contributed by atoms with Crippen molar-refractivity contribution in [3.05, 3.63) is 107 Å². The van der Waals surface area contributed by atoms with Crippen LogP contribution in [0.2, 0.25) is 0 Å². The van der Waals surface area contributed by atoms with Crippen molar-refractivity contribution in [2.45, 2.75) is 52.1 Å². The molecule has 0 saturated carbocycles. The third kappa shape index (κ3) is 5.99. The molecule has 180 valence electrons. The molecule has 1 aromatic heterocycles. The number of ether oxygens (including phenoxy) is 1. The molecule has 0 fully saturated rings. The highest BCUT2D eigenvalue weighted by molar-refractivity contribution is 5.69. The minimum Gasteiger partial charge on any atom is -0.489 e. The van der Waals surface area contributed by atoms with Crippen LogP contribution >= 0.6 is 0 Å². The SMILES string of the molecule is Cc1ccc(COc2ccc([C@H](CC(=O)O)c3ccon3)cc2)c(-c2cccc(C(C)(C)C)c2)c1. The zero-order valence-corrected chi connectivity index (χ0v) is 20.6. The van der Waals surface area contributed by atoms with E-state index in [2.05, 4.69) is 75.3 Å². The molecule has 0 unspecified atom stereocenters. The molecule has 1 atom stereocenters. The first-order valence-corrected chi connectivity index (χ1v) is 11.8. The van der Waals surface area contributed by atoms with Gasteiger partial charge in [-0.1, -0.05) is 86.1 Å². The summed E-state index contributed by atoms with van der Waals surface area (Å²) in [7, 11) is 0. The number of benzene rings is 3. The van der Waals surface area contributed by atoms with Crippen molar-refractivity contribution in [2.24, 2.45) is 0 Å². The Labute approximate surface area is 206 Å². The number of rotatable bonds is 8. The first kappa shape index (κ1) is 24.3. The second-order valence-corrected chi connectivity index (χ2v) is 9.92. The van der Waals surface area contributed by atoms with Gasteiger partial charge in [0, 0.05) is 12.0 Å². The lowest BCUT2D eigenvalue weighted by Crippen LogP contribution is -2.10. The minimum atomic E-state index is -0.888. The Bertz CT molecular complexity index is 1280. The molecule has 0 aliphatic heterocycles. The Kier molecular flexibility index (Phi) is 7.06. The summed E-state index contributed by atoms with van der Waals surface area (Å²) in [5.41, 5.74) is 7.47. The number of nitrogens with zero attached hydrogens (tertiary/aromatic N) is 1. The molecular weight excluding hydrogens is 438 g/mol. The molecule has 1 N–H and O–H groups in total. The van der Waals surface area contributed by atoms with Gasteiger partial charge in [-0.05, 0) is 52.3 Å². The number of carboxylic acids is 1. The van der Waals surface area contributed by atoms with E-state index in [1.54, 1.807) is 6.07 Å². The predicted molar refractivity (Wildman–Crippen MR) is 137 cm³/mol. The van der Waals surface area contributed by atoms with Crippen molar-refractivity contribution >= 4 is 5.97 Å². The number of aromatic nitrogens is 1. The fraction of sp³-hybridized carbons (Fsp3) is 0.267. The van der Waals surface area contributed by atoms with Crippen LogP contribution in [-0.2, 0) is 16.8 Å². The van der Waals surface area contributed by atoms with E-state index in [9.17, 15) is 9.90 Å². The molecule has 0 radical (unpaired) electrons. The molecule has 0 aliphatic carbocycles. The molecule has 35 heavy (non-hydrogen) atoms. The van der Waals surface area contributed by atoms with Gasteiger partial charge < -0.3 is 14.4 Å². The number of carbonyl (C=O) groups is 1. The summed E-state index contributed by atoms with van der Waals surface area (Å²) in [6, 6.07) is 24.4. The molecule has 5 nitrogen and oxygen atoms in total. The molecule has 0 saturated heterocycles. The highest BCUT2D eigenvalue weighted by atomic mass is 16.5. The van der Waals surface area contributed by atoms with Gasteiger partial charge in [-0.2, -0.15) is 0 Å². The molecule has 0 amide bonds. The van der Waals surface area contributed by atoms with Crippen LogP contribution in [0.1, 0.15) is 61.1 Å². The average Bonchev–Trinajstić information content (AvgIpc) is 3.36. The maximum absolute atomic E-state index is 11.4. The van der Waals surface area contributed by atoms with Gasteiger partial charge in [0.15, 0.2) is 0 Å².